The van der Waals surface area contributed by atoms with Crippen LogP contribution in [0.1, 0.15) is 30.5 Å². The monoisotopic (exact) mass is 233 g/mol. The summed E-state index contributed by atoms with van der Waals surface area (Å²) in [4.78, 5) is 4.75. The zero-order valence-electron chi connectivity index (χ0n) is 9.35. The van der Waals surface area contributed by atoms with E-state index in [0.717, 1.165) is 12.1 Å². The minimum atomic E-state index is -4.32. The van der Waals surface area contributed by atoms with Crippen molar-refractivity contribution in [3.63, 3.8) is 0 Å². The van der Waals surface area contributed by atoms with Gasteiger partial charge in [-0.3, -0.25) is 4.84 Å². The Morgan fingerprint density at radius 2 is 1.75 bits per heavy atom. The second-order valence-electron chi connectivity index (χ2n) is 4.16. The van der Waals surface area contributed by atoms with Crippen molar-refractivity contribution >= 4 is 0 Å². The van der Waals surface area contributed by atoms with Gasteiger partial charge in [0.05, 0.1) is 5.56 Å². The lowest BCUT2D eigenvalue weighted by atomic mass is 9.92. The molecular formula is C11H14F3NO. The molecule has 0 fully saturated rings. The third kappa shape index (κ3) is 2.54. The fraction of sp³-hybridized carbons (Fsp3) is 0.455. The van der Waals surface area contributed by atoms with E-state index < -0.39 is 17.3 Å². The molecule has 0 saturated heterocycles. The highest BCUT2D eigenvalue weighted by atomic mass is 19.4. The van der Waals surface area contributed by atoms with Gasteiger partial charge in [-0.25, -0.2) is 5.90 Å². The lowest BCUT2D eigenvalue weighted by Gasteiger charge is -2.25. The topological polar surface area (TPSA) is 35.2 Å². The molecule has 2 nitrogen and oxygen atoms in total. The maximum atomic E-state index is 12.4. The van der Waals surface area contributed by atoms with Crippen LogP contribution in [-0.4, -0.2) is 0 Å². The highest BCUT2D eigenvalue weighted by molar-refractivity contribution is 5.35. The average Bonchev–Trinajstić information content (AvgIpc) is 2.16. The van der Waals surface area contributed by atoms with Crippen LogP contribution in [0.25, 0.3) is 0 Å². The van der Waals surface area contributed by atoms with Crippen LogP contribution >= 0.6 is 0 Å². The van der Waals surface area contributed by atoms with Crippen LogP contribution < -0.4 is 5.90 Å². The van der Waals surface area contributed by atoms with Gasteiger partial charge in [0.25, 0.3) is 0 Å². The standard InChI is InChI=1S/C11H14F3NO/c1-7-6-8(11(12,13)14)4-5-9(7)10(2,3)16-15/h4-6H,15H2,1-3H3. The summed E-state index contributed by atoms with van der Waals surface area (Å²) in [6.07, 6.45) is -4.32. The summed E-state index contributed by atoms with van der Waals surface area (Å²) in [5, 5.41) is 0. The van der Waals surface area contributed by atoms with Gasteiger partial charge in [0.2, 0.25) is 0 Å². The molecule has 0 saturated carbocycles. The first-order chi connectivity index (χ1) is 7.18. The molecule has 0 spiro atoms. The van der Waals surface area contributed by atoms with E-state index in [1.807, 2.05) is 0 Å². The van der Waals surface area contributed by atoms with Crippen LogP contribution in [0, 0.1) is 6.92 Å². The molecule has 0 aromatic heterocycles. The lowest BCUT2D eigenvalue weighted by Crippen LogP contribution is -2.26. The number of hydrogen-bond donors (Lipinski definition) is 1. The molecular weight excluding hydrogens is 219 g/mol. The molecule has 0 bridgehead atoms. The van der Waals surface area contributed by atoms with Crippen LogP contribution in [0.2, 0.25) is 0 Å². The molecule has 0 atom stereocenters. The van der Waals surface area contributed by atoms with Crippen molar-refractivity contribution in [1.82, 2.24) is 0 Å². The molecule has 1 rings (SSSR count). The van der Waals surface area contributed by atoms with Crippen LogP contribution in [0.4, 0.5) is 13.2 Å². The maximum Gasteiger partial charge on any atom is 0.416 e. The molecule has 0 aliphatic heterocycles. The Bertz CT molecular complexity index is 385. The molecule has 0 aliphatic carbocycles. The Morgan fingerprint density at radius 3 is 2.12 bits per heavy atom. The molecule has 0 radical (unpaired) electrons. The summed E-state index contributed by atoms with van der Waals surface area (Å²) in [6, 6.07) is 3.52. The van der Waals surface area contributed by atoms with E-state index in [0.29, 0.717) is 11.1 Å². The first kappa shape index (κ1) is 13.0. The van der Waals surface area contributed by atoms with Crippen molar-refractivity contribution in [2.24, 2.45) is 5.90 Å². The average molecular weight is 233 g/mol. The lowest BCUT2D eigenvalue weighted by molar-refractivity contribution is -0.137. The normalized spacial score (nSPS) is 12.9. The Hall–Kier alpha value is -1.07. The third-order valence-electron chi connectivity index (χ3n) is 2.50. The van der Waals surface area contributed by atoms with Gasteiger partial charge in [0.15, 0.2) is 0 Å². The van der Waals surface area contributed by atoms with Gasteiger partial charge in [-0.05, 0) is 44.0 Å². The predicted octanol–water partition coefficient (Wildman–Crippen LogP) is 3.14. The summed E-state index contributed by atoms with van der Waals surface area (Å²) >= 11 is 0. The molecule has 1 aromatic carbocycles. The van der Waals surface area contributed by atoms with Gasteiger partial charge in [-0.15, -0.1) is 0 Å². The van der Waals surface area contributed by atoms with E-state index in [1.165, 1.54) is 6.07 Å². The number of hydrogen-bond acceptors (Lipinski definition) is 2. The molecule has 1 aromatic rings. The molecule has 90 valence electrons. The molecule has 0 heterocycles. The van der Waals surface area contributed by atoms with Crippen LogP contribution in [0.5, 0.6) is 0 Å². The minimum absolute atomic E-state index is 0.505. The third-order valence-corrected chi connectivity index (χ3v) is 2.50. The van der Waals surface area contributed by atoms with Crippen LogP contribution in [-0.2, 0) is 16.6 Å². The summed E-state index contributed by atoms with van der Waals surface area (Å²) < 4.78 is 37.3. The Morgan fingerprint density at radius 1 is 1.19 bits per heavy atom. The zero-order valence-corrected chi connectivity index (χ0v) is 9.35. The van der Waals surface area contributed by atoms with Crippen molar-refractivity contribution in [2.45, 2.75) is 32.5 Å². The highest BCUT2D eigenvalue weighted by Gasteiger charge is 2.32. The minimum Gasteiger partial charge on any atom is -0.294 e. The molecule has 0 aliphatic rings. The second kappa shape index (κ2) is 4.07. The quantitative estimate of drug-likeness (QED) is 0.796. The first-order valence-corrected chi connectivity index (χ1v) is 4.74. The van der Waals surface area contributed by atoms with Gasteiger partial charge >= 0.3 is 6.18 Å². The van der Waals surface area contributed by atoms with E-state index >= 15 is 0 Å². The summed E-state index contributed by atoms with van der Waals surface area (Å²) in [7, 11) is 0. The van der Waals surface area contributed by atoms with E-state index in [9.17, 15) is 13.2 Å². The van der Waals surface area contributed by atoms with Crippen molar-refractivity contribution in [2.75, 3.05) is 0 Å². The molecule has 16 heavy (non-hydrogen) atoms. The van der Waals surface area contributed by atoms with Crippen molar-refractivity contribution in [3.8, 4) is 0 Å². The predicted molar refractivity (Wildman–Crippen MR) is 54.5 cm³/mol. The SMILES string of the molecule is Cc1cc(C(F)(F)F)ccc1C(C)(C)ON. The van der Waals surface area contributed by atoms with E-state index in [1.54, 1.807) is 20.8 Å². The Balaban J connectivity index is 3.20. The second-order valence-corrected chi connectivity index (χ2v) is 4.16. The van der Waals surface area contributed by atoms with Gasteiger partial charge in [0, 0.05) is 0 Å². The van der Waals surface area contributed by atoms with Crippen molar-refractivity contribution in [1.29, 1.82) is 0 Å². The molecule has 2 N–H and O–H groups in total. The number of aryl methyl sites for hydroxylation is 1. The van der Waals surface area contributed by atoms with Crippen molar-refractivity contribution < 1.29 is 18.0 Å². The number of rotatable bonds is 2. The van der Waals surface area contributed by atoms with Crippen LogP contribution in [0.3, 0.4) is 0 Å². The Kier molecular flexibility index (Phi) is 3.30. The van der Waals surface area contributed by atoms with E-state index in [2.05, 4.69) is 0 Å². The number of nitrogens with two attached hydrogens (primary N) is 1. The highest BCUT2D eigenvalue weighted by Crippen LogP contribution is 2.33. The summed E-state index contributed by atoms with van der Waals surface area (Å²) in [6.45, 7) is 5.00. The number of alkyl halides is 3. The van der Waals surface area contributed by atoms with Crippen LogP contribution in [0.15, 0.2) is 18.2 Å². The van der Waals surface area contributed by atoms with Gasteiger partial charge in [-0.2, -0.15) is 13.2 Å². The van der Waals surface area contributed by atoms with Gasteiger partial charge in [0.1, 0.15) is 5.60 Å². The number of benzene rings is 1. The first-order valence-electron chi connectivity index (χ1n) is 4.74. The van der Waals surface area contributed by atoms with E-state index in [4.69, 9.17) is 10.7 Å². The Labute approximate surface area is 92.2 Å². The zero-order chi connectivity index (χ0) is 12.6. The fourth-order valence-electron chi connectivity index (χ4n) is 1.58. The summed E-state index contributed by atoms with van der Waals surface area (Å²) in [5.41, 5.74) is -0.316. The maximum absolute atomic E-state index is 12.4. The smallest absolute Gasteiger partial charge is 0.294 e. The fourth-order valence-corrected chi connectivity index (χ4v) is 1.58. The molecule has 5 heteroatoms. The van der Waals surface area contributed by atoms with Gasteiger partial charge < -0.3 is 0 Å². The molecule has 0 amide bonds. The van der Waals surface area contributed by atoms with Gasteiger partial charge in [-0.1, -0.05) is 6.07 Å². The largest absolute Gasteiger partial charge is 0.416 e. The number of halogens is 3. The van der Waals surface area contributed by atoms with E-state index in [-0.39, 0.29) is 0 Å². The summed E-state index contributed by atoms with van der Waals surface area (Å²) in [5.74, 6) is 5.11. The van der Waals surface area contributed by atoms with Crippen molar-refractivity contribution in [3.05, 3.63) is 34.9 Å². The molecule has 0 unspecified atom stereocenters.